The Morgan fingerprint density at radius 1 is 1.12 bits per heavy atom. The van der Waals surface area contributed by atoms with Crippen LogP contribution in [0.3, 0.4) is 0 Å². The van der Waals surface area contributed by atoms with Crippen LogP contribution in [0.5, 0.6) is 11.6 Å². The lowest BCUT2D eigenvalue weighted by Crippen LogP contribution is -2.27. The third-order valence-electron chi connectivity index (χ3n) is 4.82. The van der Waals surface area contributed by atoms with Crippen molar-refractivity contribution >= 4 is 5.91 Å². The standard InChI is InChI=1S/C22H21N5O3.2C2H6/c1-14(2)30-20-5-4-15(10-23)8-18(20)22(28)26-12-16-11-25-27(19(16)13-26)17-6-7-24-21(9-17)29-3;2*1-2/h4-9,11,14H,12-13H2,1-3H3;2*1-2H3. The number of ether oxygens (including phenoxy) is 2. The second-order valence-electron chi connectivity index (χ2n) is 7.24. The van der Waals surface area contributed by atoms with Gasteiger partial charge in [-0.15, -0.1) is 0 Å². The summed E-state index contributed by atoms with van der Waals surface area (Å²) in [7, 11) is 1.56. The van der Waals surface area contributed by atoms with Crippen molar-refractivity contribution in [1.82, 2.24) is 19.7 Å². The van der Waals surface area contributed by atoms with Gasteiger partial charge in [0.25, 0.3) is 5.91 Å². The Balaban J connectivity index is 0.000000970. The molecule has 0 bridgehead atoms. The van der Waals surface area contributed by atoms with Crippen LogP contribution in [0.15, 0.2) is 42.7 Å². The van der Waals surface area contributed by atoms with Crippen molar-refractivity contribution in [2.45, 2.75) is 60.7 Å². The Morgan fingerprint density at radius 2 is 1.85 bits per heavy atom. The molecule has 0 spiro atoms. The molecule has 0 atom stereocenters. The molecule has 0 radical (unpaired) electrons. The average Bonchev–Trinajstić information content (AvgIpc) is 3.47. The summed E-state index contributed by atoms with van der Waals surface area (Å²) in [6, 6.07) is 10.6. The van der Waals surface area contributed by atoms with Gasteiger partial charge in [-0.3, -0.25) is 4.79 Å². The minimum Gasteiger partial charge on any atom is -0.490 e. The van der Waals surface area contributed by atoms with Crippen LogP contribution < -0.4 is 9.47 Å². The first-order valence-corrected chi connectivity index (χ1v) is 11.6. The summed E-state index contributed by atoms with van der Waals surface area (Å²) < 4.78 is 12.8. The predicted octanol–water partition coefficient (Wildman–Crippen LogP) is 5.14. The molecule has 8 nitrogen and oxygen atoms in total. The lowest BCUT2D eigenvalue weighted by atomic mass is 10.1. The third-order valence-corrected chi connectivity index (χ3v) is 4.82. The lowest BCUT2D eigenvalue weighted by Gasteiger charge is -2.20. The van der Waals surface area contributed by atoms with E-state index in [0.717, 1.165) is 16.9 Å². The summed E-state index contributed by atoms with van der Waals surface area (Å²) in [6.45, 7) is 12.6. The van der Waals surface area contributed by atoms with Crippen molar-refractivity contribution < 1.29 is 14.3 Å². The number of carbonyl (C=O) groups is 1. The monoisotopic (exact) mass is 463 g/mol. The zero-order valence-corrected chi connectivity index (χ0v) is 21.0. The number of methoxy groups -OCH3 is 1. The van der Waals surface area contributed by atoms with Gasteiger partial charge >= 0.3 is 0 Å². The summed E-state index contributed by atoms with van der Waals surface area (Å²) in [5, 5.41) is 13.7. The average molecular weight is 464 g/mol. The number of aromatic nitrogens is 3. The number of fused-ring (bicyclic) bond motifs is 1. The Labute approximate surface area is 201 Å². The highest BCUT2D eigenvalue weighted by molar-refractivity contribution is 5.97. The van der Waals surface area contributed by atoms with E-state index in [1.807, 2.05) is 47.6 Å². The quantitative estimate of drug-likeness (QED) is 0.520. The summed E-state index contributed by atoms with van der Waals surface area (Å²) >= 11 is 0. The molecule has 1 aromatic carbocycles. The number of nitriles is 1. The highest BCUT2D eigenvalue weighted by atomic mass is 16.5. The van der Waals surface area contributed by atoms with E-state index in [0.29, 0.717) is 35.8 Å². The number of hydrogen-bond donors (Lipinski definition) is 0. The summed E-state index contributed by atoms with van der Waals surface area (Å²) in [5.41, 5.74) is 3.52. The molecule has 1 amide bonds. The van der Waals surface area contributed by atoms with Crippen LogP contribution in [0.25, 0.3) is 5.69 Å². The maximum atomic E-state index is 13.3. The van der Waals surface area contributed by atoms with Gasteiger partial charge in [0, 0.05) is 24.4 Å². The summed E-state index contributed by atoms with van der Waals surface area (Å²) in [6.07, 6.45) is 3.34. The van der Waals surface area contributed by atoms with Gasteiger partial charge in [0.05, 0.1) is 54.5 Å². The van der Waals surface area contributed by atoms with E-state index in [-0.39, 0.29) is 12.0 Å². The zero-order valence-electron chi connectivity index (χ0n) is 21.0. The minimum atomic E-state index is -0.183. The van der Waals surface area contributed by atoms with Gasteiger partial charge < -0.3 is 14.4 Å². The fourth-order valence-corrected chi connectivity index (χ4v) is 3.45. The largest absolute Gasteiger partial charge is 0.490 e. The first-order valence-electron chi connectivity index (χ1n) is 11.6. The van der Waals surface area contributed by atoms with Gasteiger partial charge in [-0.2, -0.15) is 10.4 Å². The smallest absolute Gasteiger partial charge is 0.258 e. The van der Waals surface area contributed by atoms with Gasteiger partial charge in [0.2, 0.25) is 5.88 Å². The van der Waals surface area contributed by atoms with Crippen molar-refractivity contribution in [3.63, 3.8) is 0 Å². The van der Waals surface area contributed by atoms with E-state index in [4.69, 9.17) is 9.47 Å². The van der Waals surface area contributed by atoms with E-state index in [2.05, 4.69) is 16.2 Å². The van der Waals surface area contributed by atoms with E-state index >= 15 is 0 Å². The molecule has 4 rings (SSSR count). The normalized spacial score (nSPS) is 11.4. The van der Waals surface area contributed by atoms with Crippen molar-refractivity contribution in [2.75, 3.05) is 7.11 Å². The SMILES string of the molecule is CC.CC.COc1cc(-n2ncc3c2CN(C(=O)c2cc(C#N)ccc2OC(C)C)C3)ccn1. The van der Waals surface area contributed by atoms with Crippen LogP contribution in [0, 0.1) is 11.3 Å². The number of nitrogens with zero attached hydrogens (tertiary/aromatic N) is 5. The van der Waals surface area contributed by atoms with Gasteiger partial charge in [-0.25, -0.2) is 9.67 Å². The molecule has 3 heterocycles. The molecular formula is C26H33N5O3. The van der Waals surface area contributed by atoms with Gasteiger partial charge in [-0.1, -0.05) is 27.7 Å². The Hall–Kier alpha value is -3.86. The minimum absolute atomic E-state index is 0.0875. The molecule has 34 heavy (non-hydrogen) atoms. The topological polar surface area (TPSA) is 93.3 Å². The maximum Gasteiger partial charge on any atom is 0.258 e. The molecule has 0 saturated heterocycles. The highest BCUT2D eigenvalue weighted by Crippen LogP contribution is 2.30. The zero-order chi connectivity index (χ0) is 25.3. The number of rotatable bonds is 5. The highest BCUT2D eigenvalue weighted by Gasteiger charge is 2.30. The molecule has 0 unspecified atom stereocenters. The Morgan fingerprint density at radius 3 is 2.50 bits per heavy atom. The van der Waals surface area contributed by atoms with Crippen molar-refractivity contribution in [2.24, 2.45) is 0 Å². The van der Waals surface area contributed by atoms with E-state index in [1.54, 1.807) is 53.4 Å². The molecular weight excluding hydrogens is 430 g/mol. The summed E-state index contributed by atoms with van der Waals surface area (Å²) in [4.78, 5) is 19.2. The second kappa shape index (κ2) is 12.4. The van der Waals surface area contributed by atoms with Gasteiger partial charge in [0.15, 0.2) is 0 Å². The van der Waals surface area contributed by atoms with Crippen LogP contribution in [-0.4, -0.2) is 38.8 Å². The van der Waals surface area contributed by atoms with Crippen LogP contribution in [-0.2, 0) is 13.1 Å². The molecule has 3 aromatic rings. The van der Waals surface area contributed by atoms with E-state index in [1.165, 1.54) is 0 Å². The van der Waals surface area contributed by atoms with Crippen LogP contribution in [0.2, 0.25) is 0 Å². The summed E-state index contributed by atoms with van der Waals surface area (Å²) in [5.74, 6) is 0.787. The Bertz CT molecular complexity index is 1150. The van der Waals surface area contributed by atoms with Crippen LogP contribution in [0.4, 0.5) is 0 Å². The van der Waals surface area contributed by atoms with Crippen LogP contribution >= 0.6 is 0 Å². The van der Waals surface area contributed by atoms with E-state index in [9.17, 15) is 10.1 Å². The number of pyridine rings is 1. The van der Waals surface area contributed by atoms with Crippen molar-refractivity contribution in [1.29, 1.82) is 5.26 Å². The molecule has 1 aliphatic rings. The van der Waals surface area contributed by atoms with Gasteiger partial charge in [-0.05, 0) is 38.1 Å². The third kappa shape index (κ3) is 5.73. The second-order valence-corrected chi connectivity index (χ2v) is 7.24. The number of benzene rings is 1. The molecule has 0 N–H and O–H groups in total. The van der Waals surface area contributed by atoms with Gasteiger partial charge in [0.1, 0.15) is 5.75 Å². The van der Waals surface area contributed by atoms with Crippen molar-refractivity contribution in [3.8, 4) is 23.4 Å². The first-order chi connectivity index (χ1) is 16.5. The number of hydrogen-bond acceptors (Lipinski definition) is 6. The van der Waals surface area contributed by atoms with E-state index < -0.39 is 0 Å². The number of amides is 1. The molecule has 8 heteroatoms. The molecule has 1 aliphatic heterocycles. The number of carbonyl (C=O) groups excluding carboxylic acids is 1. The molecule has 0 aliphatic carbocycles. The molecule has 2 aromatic heterocycles. The Kier molecular flexibility index (Phi) is 9.62. The first kappa shape index (κ1) is 26.4. The lowest BCUT2D eigenvalue weighted by molar-refractivity contribution is 0.0742. The molecule has 180 valence electrons. The van der Waals surface area contributed by atoms with Crippen molar-refractivity contribution in [3.05, 3.63) is 65.1 Å². The maximum absolute atomic E-state index is 13.3. The molecule has 0 saturated carbocycles. The molecule has 0 fully saturated rings. The fourth-order valence-electron chi connectivity index (χ4n) is 3.45. The fraction of sp³-hybridized carbons (Fsp3) is 0.385. The predicted molar refractivity (Wildman–Crippen MR) is 131 cm³/mol. The van der Waals surface area contributed by atoms with Crippen LogP contribution in [0.1, 0.15) is 68.7 Å².